The lowest BCUT2D eigenvalue weighted by atomic mass is 9.64. The zero-order chi connectivity index (χ0) is 18.2. The summed E-state index contributed by atoms with van der Waals surface area (Å²) < 4.78 is 18.6. The quantitative estimate of drug-likeness (QED) is 0.721. The molecule has 2 heterocycles. The maximum atomic E-state index is 6.22. The second-order valence-electron chi connectivity index (χ2n) is 8.86. The van der Waals surface area contributed by atoms with Crippen molar-refractivity contribution in [3.8, 4) is 5.88 Å². The Balaban J connectivity index is 1.54. The Morgan fingerprint density at radius 2 is 1.68 bits per heavy atom. The molecule has 0 amide bonds. The van der Waals surface area contributed by atoms with Crippen molar-refractivity contribution in [1.82, 2.24) is 4.98 Å². The first-order chi connectivity index (χ1) is 11.7. The first kappa shape index (κ1) is 18.7. The van der Waals surface area contributed by atoms with E-state index < -0.39 is 0 Å². The van der Waals surface area contributed by atoms with E-state index in [1.54, 1.807) is 0 Å². The van der Waals surface area contributed by atoms with Gasteiger partial charge in [-0.05, 0) is 76.7 Å². The summed E-state index contributed by atoms with van der Waals surface area (Å²) in [7, 11) is -0.0895. The van der Waals surface area contributed by atoms with Crippen molar-refractivity contribution in [2.24, 2.45) is 0 Å². The predicted molar refractivity (Wildman–Crippen MR) is 101 cm³/mol. The molecule has 1 saturated heterocycles. The van der Waals surface area contributed by atoms with E-state index in [9.17, 15) is 0 Å². The molecule has 1 aliphatic heterocycles. The van der Waals surface area contributed by atoms with Gasteiger partial charge in [0.2, 0.25) is 5.88 Å². The van der Waals surface area contributed by atoms with Crippen LogP contribution in [0.3, 0.4) is 0 Å². The van der Waals surface area contributed by atoms with Crippen LogP contribution in [0.4, 0.5) is 0 Å². The van der Waals surface area contributed by atoms with Gasteiger partial charge in [-0.2, -0.15) is 0 Å². The molecule has 1 aromatic heterocycles. The molecule has 3 rings (SSSR count). The molecule has 1 aromatic rings. The lowest BCUT2D eigenvalue weighted by Crippen LogP contribution is -2.41. The van der Waals surface area contributed by atoms with E-state index in [1.165, 1.54) is 5.56 Å². The largest absolute Gasteiger partial charge is 0.474 e. The highest BCUT2D eigenvalue weighted by atomic mass is 16.7. The summed E-state index contributed by atoms with van der Waals surface area (Å²) in [5.74, 6) is 1.70. The van der Waals surface area contributed by atoms with Crippen LogP contribution >= 0.6 is 0 Å². The minimum absolute atomic E-state index is 0.0895. The first-order valence-corrected chi connectivity index (χ1v) is 9.66. The van der Waals surface area contributed by atoms with Gasteiger partial charge < -0.3 is 14.0 Å². The topological polar surface area (TPSA) is 40.6 Å². The fraction of sp³-hybridized carbons (Fsp3) is 0.750. The van der Waals surface area contributed by atoms with E-state index in [-0.39, 0.29) is 24.4 Å². The molecule has 0 spiro atoms. The predicted octanol–water partition coefficient (Wildman–Crippen LogP) is 4.99. The van der Waals surface area contributed by atoms with Gasteiger partial charge in [0.25, 0.3) is 0 Å². The number of hydrogen-bond donors (Lipinski definition) is 0. The van der Waals surface area contributed by atoms with Crippen LogP contribution in [-0.2, 0) is 9.31 Å². The van der Waals surface area contributed by atoms with Gasteiger partial charge in [0.1, 0.15) is 6.10 Å². The van der Waals surface area contributed by atoms with Gasteiger partial charge in [-0.1, -0.05) is 13.8 Å². The van der Waals surface area contributed by atoms with E-state index in [0.29, 0.717) is 11.7 Å². The normalized spacial score (nSPS) is 28.4. The van der Waals surface area contributed by atoms with Crippen LogP contribution in [0.5, 0.6) is 5.88 Å². The van der Waals surface area contributed by atoms with Gasteiger partial charge in [0.05, 0.1) is 11.2 Å². The molecule has 0 radical (unpaired) electrons. The maximum absolute atomic E-state index is 6.22. The van der Waals surface area contributed by atoms with Gasteiger partial charge >= 0.3 is 7.12 Å². The van der Waals surface area contributed by atoms with E-state index in [4.69, 9.17) is 14.0 Å². The van der Waals surface area contributed by atoms with E-state index >= 15 is 0 Å². The molecular weight excluding hydrogens is 313 g/mol. The molecule has 0 unspecified atom stereocenters. The van der Waals surface area contributed by atoms with Gasteiger partial charge in [0, 0.05) is 12.3 Å². The Morgan fingerprint density at radius 1 is 1.08 bits per heavy atom. The summed E-state index contributed by atoms with van der Waals surface area (Å²) in [5.41, 5.74) is 0.786. The van der Waals surface area contributed by atoms with Crippen LogP contribution in [0, 0.1) is 0 Å². The maximum Gasteiger partial charge on any atom is 0.461 e. The molecule has 0 atom stereocenters. The lowest BCUT2D eigenvalue weighted by Gasteiger charge is -2.32. The molecule has 2 fully saturated rings. The Kier molecular flexibility index (Phi) is 5.18. The molecule has 1 aliphatic carbocycles. The Morgan fingerprint density at radius 3 is 2.24 bits per heavy atom. The summed E-state index contributed by atoms with van der Waals surface area (Å²) in [6.07, 6.45) is 6.30. The monoisotopic (exact) mass is 345 g/mol. The third-order valence-electron chi connectivity index (χ3n) is 6.09. The molecule has 5 heteroatoms. The van der Waals surface area contributed by atoms with Gasteiger partial charge in [-0.25, -0.2) is 4.98 Å². The SMILES string of the molecule is CC(C)c1ccnc(OC2CCC(B3OC(C)(C)C(C)(C)O3)CC2)c1. The summed E-state index contributed by atoms with van der Waals surface area (Å²) >= 11 is 0. The molecule has 0 aromatic carbocycles. The Bertz CT molecular complexity index is 578. The third-order valence-corrected chi connectivity index (χ3v) is 6.09. The molecule has 4 nitrogen and oxygen atoms in total. The third kappa shape index (κ3) is 4.03. The van der Waals surface area contributed by atoms with Crippen LogP contribution in [0.25, 0.3) is 0 Å². The van der Waals surface area contributed by atoms with Crippen LogP contribution < -0.4 is 4.74 Å². The fourth-order valence-corrected chi connectivity index (χ4v) is 3.58. The summed E-state index contributed by atoms with van der Waals surface area (Å²) in [5, 5.41) is 0. The van der Waals surface area contributed by atoms with Crippen molar-refractivity contribution in [1.29, 1.82) is 0 Å². The summed E-state index contributed by atoms with van der Waals surface area (Å²) in [4.78, 5) is 4.38. The molecule has 0 bridgehead atoms. The number of aromatic nitrogens is 1. The Hall–Kier alpha value is -1.07. The van der Waals surface area contributed by atoms with Crippen molar-refractivity contribution in [2.75, 3.05) is 0 Å². The molecule has 2 aliphatic rings. The van der Waals surface area contributed by atoms with Crippen LogP contribution in [-0.4, -0.2) is 29.4 Å². The highest BCUT2D eigenvalue weighted by Gasteiger charge is 2.53. The minimum atomic E-state index is -0.244. The summed E-state index contributed by atoms with van der Waals surface area (Å²) in [6, 6.07) is 4.14. The second kappa shape index (κ2) is 6.92. The number of ether oxygens (including phenoxy) is 1. The number of nitrogens with zero attached hydrogens (tertiary/aromatic N) is 1. The van der Waals surface area contributed by atoms with Gasteiger partial charge in [-0.3, -0.25) is 0 Å². The molecule has 25 heavy (non-hydrogen) atoms. The Labute approximate surface area is 152 Å². The average molecular weight is 345 g/mol. The first-order valence-electron chi connectivity index (χ1n) is 9.66. The highest BCUT2D eigenvalue weighted by Crippen LogP contribution is 2.44. The standard InChI is InChI=1S/C20H32BNO3/c1-14(2)15-11-12-22-18(13-15)23-17-9-7-16(8-10-17)21-24-19(3,4)20(5,6)25-21/h11-14,16-17H,7-10H2,1-6H3. The lowest BCUT2D eigenvalue weighted by molar-refractivity contribution is 0.00578. The highest BCUT2D eigenvalue weighted by molar-refractivity contribution is 6.47. The van der Waals surface area contributed by atoms with Crippen LogP contribution in [0.15, 0.2) is 18.3 Å². The number of pyridine rings is 1. The fourth-order valence-electron chi connectivity index (χ4n) is 3.58. The molecular formula is C20H32BNO3. The zero-order valence-electron chi connectivity index (χ0n) is 16.5. The second-order valence-corrected chi connectivity index (χ2v) is 8.86. The van der Waals surface area contributed by atoms with Crippen molar-refractivity contribution in [2.45, 2.75) is 96.3 Å². The van der Waals surface area contributed by atoms with Gasteiger partial charge in [0.15, 0.2) is 0 Å². The van der Waals surface area contributed by atoms with Crippen molar-refractivity contribution >= 4 is 7.12 Å². The number of hydrogen-bond acceptors (Lipinski definition) is 4. The smallest absolute Gasteiger partial charge is 0.461 e. The molecule has 1 saturated carbocycles. The van der Waals surface area contributed by atoms with Gasteiger partial charge in [-0.15, -0.1) is 0 Å². The average Bonchev–Trinajstić information content (AvgIpc) is 2.76. The van der Waals surface area contributed by atoms with Crippen LogP contribution in [0.1, 0.15) is 78.7 Å². The van der Waals surface area contributed by atoms with Crippen molar-refractivity contribution in [3.05, 3.63) is 23.9 Å². The van der Waals surface area contributed by atoms with Crippen molar-refractivity contribution in [3.63, 3.8) is 0 Å². The molecule has 0 N–H and O–H groups in total. The zero-order valence-corrected chi connectivity index (χ0v) is 16.5. The minimum Gasteiger partial charge on any atom is -0.474 e. The van der Waals surface area contributed by atoms with Crippen molar-refractivity contribution < 1.29 is 14.0 Å². The molecule has 138 valence electrons. The van der Waals surface area contributed by atoms with E-state index in [2.05, 4.69) is 58.7 Å². The van der Waals surface area contributed by atoms with E-state index in [0.717, 1.165) is 31.6 Å². The van der Waals surface area contributed by atoms with Crippen LogP contribution in [0.2, 0.25) is 5.82 Å². The summed E-state index contributed by atoms with van der Waals surface area (Å²) in [6.45, 7) is 12.9. The number of rotatable bonds is 4. The van der Waals surface area contributed by atoms with E-state index in [1.807, 2.05) is 6.20 Å².